The molecule has 5 nitrogen and oxygen atoms in total. The predicted octanol–water partition coefficient (Wildman–Crippen LogP) is 5.95. The van der Waals surface area contributed by atoms with Gasteiger partial charge in [0.05, 0.1) is 28.9 Å². The first-order valence-corrected chi connectivity index (χ1v) is 10.5. The Morgan fingerprint density at radius 3 is 2.34 bits per heavy atom. The third-order valence-corrected chi connectivity index (χ3v) is 5.22. The molecule has 0 bridgehead atoms. The number of benzene rings is 3. The molecule has 4 rings (SSSR count). The average molecular weight is 425 g/mol. The van der Waals surface area contributed by atoms with Crippen LogP contribution in [0.4, 0.5) is 5.69 Å². The fourth-order valence-corrected chi connectivity index (χ4v) is 3.73. The van der Waals surface area contributed by atoms with Crippen molar-refractivity contribution in [1.29, 1.82) is 0 Å². The van der Waals surface area contributed by atoms with Gasteiger partial charge >= 0.3 is 5.97 Å². The minimum absolute atomic E-state index is 0.233. The molecule has 1 heterocycles. The monoisotopic (exact) mass is 424 g/mol. The lowest BCUT2D eigenvalue weighted by Gasteiger charge is -2.13. The minimum Gasteiger partial charge on any atom is -0.462 e. The minimum atomic E-state index is -0.385. The van der Waals surface area contributed by atoms with Gasteiger partial charge in [0.25, 0.3) is 5.91 Å². The molecule has 0 radical (unpaired) electrons. The summed E-state index contributed by atoms with van der Waals surface area (Å²) >= 11 is 0. The van der Waals surface area contributed by atoms with Crippen molar-refractivity contribution in [2.24, 2.45) is 0 Å². The van der Waals surface area contributed by atoms with E-state index in [-0.39, 0.29) is 11.9 Å². The smallest absolute Gasteiger partial charge is 0.338 e. The van der Waals surface area contributed by atoms with E-state index < -0.39 is 0 Å². The van der Waals surface area contributed by atoms with Gasteiger partial charge in [-0.15, -0.1) is 0 Å². The fraction of sp³-hybridized carbons (Fsp3) is 0.148. The van der Waals surface area contributed by atoms with E-state index >= 15 is 0 Å². The Balaban J connectivity index is 1.74. The van der Waals surface area contributed by atoms with Gasteiger partial charge in [-0.05, 0) is 62.7 Å². The summed E-state index contributed by atoms with van der Waals surface area (Å²) in [7, 11) is 0. The molecule has 1 amide bonds. The number of ether oxygens (including phenoxy) is 1. The number of carbonyl (C=O) groups excluding carboxylic acids is 2. The van der Waals surface area contributed by atoms with Crippen LogP contribution in [0, 0.1) is 13.8 Å². The number of hydrogen-bond acceptors (Lipinski definition) is 4. The van der Waals surface area contributed by atoms with Gasteiger partial charge in [-0.2, -0.15) is 0 Å². The second-order valence-corrected chi connectivity index (χ2v) is 7.65. The van der Waals surface area contributed by atoms with Crippen LogP contribution in [0.25, 0.3) is 22.2 Å². The first-order chi connectivity index (χ1) is 15.5. The van der Waals surface area contributed by atoms with Crippen LogP contribution in [0.3, 0.4) is 0 Å². The summed E-state index contributed by atoms with van der Waals surface area (Å²) in [4.78, 5) is 30.0. The van der Waals surface area contributed by atoms with E-state index in [4.69, 9.17) is 9.72 Å². The van der Waals surface area contributed by atoms with Crippen molar-refractivity contribution in [3.63, 3.8) is 0 Å². The molecule has 0 fully saturated rings. The summed E-state index contributed by atoms with van der Waals surface area (Å²) in [6.07, 6.45) is 0. The number of hydrogen-bond donors (Lipinski definition) is 1. The molecule has 0 saturated heterocycles. The highest BCUT2D eigenvalue weighted by atomic mass is 16.5. The molecular formula is C27H24N2O3. The van der Waals surface area contributed by atoms with Crippen LogP contribution in [0.1, 0.15) is 38.8 Å². The van der Waals surface area contributed by atoms with Crippen molar-refractivity contribution >= 4 is 28.5 Å². The van der Waals surface area contributed by atoms with Crippen LogP contribution < -0.4 is 5.32 Å². The van der Waals surface area contributed by atoms with Gasteiger partial charge in [-0.25, -0.2) is 9.78 Å². The summed E-state index contributed by atoms with van der Waals surface area (Å²) in [5.41, 5.74) is 6.17. The molecular weight excluding hydrogens is 400 g/mol. The fourth-order valence-electron chi connectivity index (χ4n) is 3.73. The topological polar surface area (TPSA) is 68.3 Å². The molecule has 0 aliphatic carbocycles. The second kappa shape index (κ2) is 9.02. The molecule has 1 N–H and O–H groups in total. The second-order valence-electron chi connectivity index (χ2n) is 7.65. The Morgan fingerprint density at radius 1 is 0.938 bits per heavy atom. The van der Waals surface area contributed by atoms with E-state index in [1.54, 1.807) is 31.2 Å². The van der Waals surface area contributed by atoms with Crippen molar-refractivity contribution in [2.45, 2.75) is 20.8 Å². The number of nitrogens with zero attached hydrogens (tertiary/aromatic N) is 1. The third-order valence-electron chi connectivity index (χ3n) is 5.22. The highest BCUT2D eigenvalue weighted by molar-refractivity contribution is 6.13. The molecule has 0 saturated carbocycles. The first kappa shape index (κ1) is 21.2. The summed E-state index contributed by atoms with van der Waals surface area (Å²) in [5.74, 6) is -0.618. The van der Waals surface area contributed by atoms with E-state index in [2.05, 4.69) is 11.4 Å². The molecule has 32 heavy (non-hydrogen) atoms. The molecule has 0 unspecified atom stereocenters. The van der Waals surface area contributed by atoms with Gasteiger partial charge in [0.15, 0.2) is 0 Å². The van der Waals surface area contributed by atoms with E-state index in [9.17, 15) is 9.59 Å². The molecule has 0 atom stereocenters. The van der Waals surface area contributed by atoms with Crippen molar-refractivity contribution in [3.8, 4) is 11.3 Å². The number of nitrogens with one attached hydrogen (secondary N) is 1. The predicted molar refractivity (Wildman–Crippen MR) is 127 cm³/mol. The zero-order chi connectivity index (χ0) is 22.7. The number of amides is 1. The van der Waals surface area contributed by atoms with Gasteiger partial charge in [-0.3, -0.25) is 4.79 Å². The molecule has 5 heteroatoms. The average Bonchev–Trinajstić information content (AvgIpc) is 2.79. The molecule has 1 aromatic heterocycles. The van der Waals surface area contributed by atoms with E-state index in [1.165, 1.54) is 0 Å². The number of carbonyl (C=O) groups is 2. The van der Waals surface area contributed by atoms with Crippen LogP contribution in [0.5, 0.6) is 0 Å². The van der Waals surface area contributed by atoms with Crippen molar-refractivity contribution in [2.75, 3.05) is 11.9 Å². The van der Waals surface area contributed by atoms with Crippen LogP contribution in [-0.2, 0) is 4.74 Å². The summed E-state index contributed by atoms with van der Waals surface area (Å²) in [6.45, 7) is 6.09. The zero-order valence-corrected chi connectivity index (χ0v) is 18.3. The normalized spacial score (nSPS) is 10.7. The number of aromatic nitrogens is 1. The number of rotatable bonds is 5. The number of pyridine rings is 1. The number of aryl methyl sites for hydroxylation is 2. The van der Waals surface area contributed by atoms with Gasteiger partial charge in [0, 0.05) is 16.6 Å². The van der Waals surface area contributed by atoms with Crippen molar-refractivity contribution < 1.29 is 14.3 Å². The molecule has 160 valence electrons. The highest BCUT2D eigenvalue weighted by Crippen LogP contribution is 2.28. The quantitative estimate of drug-likeness (QED) is 0.402. The van der Waals surface area contributed by atoms with Crippen LogP contribution in [0.15, 0.2) is 72.8 Å². The summed E-state index contributed by atoms with van der Waals surface area (Å²) < 4.78 is 5.01. The lowest BCUT2D eigenvalue weighted by Crippen LogP contribution is -2.14. The van der Waals surface area contributed by atoms with E-state index in [0.717, 1.165) is 33.3 Å². The molecule has 3 aromatic carbocycles. The maximum Gasteiger partial charge on any atom is 0.338 e. The highest BCUT2D eigenvalue weighted by Gasteiger charge is 2.16. The maximum absolute atomic E-state index is 13.3. The number of anilines is 1. The Bertz CT molecular complexity index is 1300. The standard InChI is InChI=1S/C27H24N2O3/c1-4-32-27(31)20-10-12-21(13-11-20)28-26(30)23-16-24(19-8-6-5-7-9-19)29-25-18(3)14-17(2)15-22(23)25/h5-16H,4H2,1-3H3,(H,28,30). The largest absolute Gasteiger partial charge is 0.462 e. The molecule has 0 spiro atoms. The summed E-state index contributed by atoms with van der Waals surface area (Å²) in [5, 5.41) is 3.76. The van der Waals surface area contributed by atoms with Crippen LogP contribution in [-0.4, -0.2) is 23.5 Å². The maximum atomic E-state index is 13.3. The summed E-state index contributed by atoms with van der Waals surface area (Å²) in [6, 6.07) is 22.4. The van der Waals surface area contributed by atoms with Crippen molar-refractivity contribution in [3.05, 3.63) is 95.1 Å². The van der Waals surface area contributed by atoms with E-state index in [0.29, 0.717) is 23.4 Å². The first-order valence-electron chi connectivity index (χ1n) is 10.5. The van der Waals surface area contributed by atoms with Gasteiger partial charge in [0.1, 0.15) is 0 Å². The van der Waals surface area contributed by atoms with Crippen LogP contribution in [0.2, 0.25) is 0 Å². The molecule has 0 aliphatic rings. The number of esters is 1. The van der Waals surface area contributed by atoms with Gasteiger partial charge in [0.2, 0.25) is 0 Å². The van der Waals surface area contributed by atoms with Gasteiger partial charge < -0.3 is 10.1 Å². The third kappa shape index (κ3) is 4.37. The van der Waals surface area contributed by atoms with Gasteiger partial charge in [-0.1, -0.05) is 42.0 Å². The Kier molecular flexibility index (Phi) is 5.99. The Hall–Kier alpha value is -3.99. The van der Waals surface area contributed by atoms with Crippen LogP contribution >= 0.6 is 0 Å². The molecule has 0 aliphatic heterocycles. The van der Waals surface area contributed by atoms with Crippen molar-refractivity contribution in [1.82, 2.24) is 4.98 Å². The lowest BCUT2D eigenvalue weighted by molar-refractivity contribution is 0.0526. The lowest BCUT2D eigenvalue weighted by atomic mass is 9.99. The molecule has 4 aromatic rings. The zero-order valence-electron chi connectivity index (χ0n) is 18.3. The Morgan fingerprint density at radius 2 is 1.66 bits per heavy atom. The van der Waals surface area contributed by atoms with E-state index in [1.807, 2.05) is 56.3 Å². The Labute approximate surface area is 187 Å². The number of fused-ring (bicyclic) bond motifs is 1. The SMILES string of the molecule is CCOC(=O)c1ccc(NC(=O)c2cc(-c3ccccc3)nc3c(C)cc(C)cc23)cc1.